The van der Waals surface area contributed by atoms with Gasteiger partial charge in [-0.1, -0.05) is 81.7 Å². The Morgan fingerprint density at radius 2 is 1.50 bits per heavy atom. The number of hydrogen-bond donors (Lipinski definition) is 0. The van der Waals surface area contributed by atoms with E-state index in [1.807, 2.05) is 6.07 Å². The van der Waals surface area contributed by atoms with Crippen molar-refractivity contribution in [1.29, 1.82) is 0 Å². The maximum Gasteiger partial charge on any atom is 0.201 e. The van der Waals surface area contributed by atoms with Crippen molar-refractivity contribution in [1.82, 2.24) is 0 Å². The van der Waals surface area contributed by atoms with Crippen molar-refractivity contribution in [3.8, 4) is 28.0 Å². The quantitative estimate of drug-likeness (QED) is 0.175. The Balaban J connectivity index is 1.38. The fourth-order valence-corrected chi connectivity index (χ4v) is 4.68. The second-order valence-electron chi connectivity index (χ2n) is 9.65. The molecule has 0 radical (unpaired) electrons. The summed E-state index contributed by atoms with van der Waals surface area (Å²) in [6, 6.07) is 14.7. The van der Waals surface area contributed by atoms with E-state index in [4.69, 9.17) is 14.2 Å². The number of halogens is 3. The van der Waals surface area contributed by atoms with E-state index in [-0.39, 0.29) is 35.9 Å². The maximum absolute atomic E-state index is 15.1. The van der Waals surface area contributed by atoms with Gasteiger partial charge in [-0.25, -0.2) is 8.78 Å². The third-order valence-corrected chi connectivity index (χ3v) is 6.89. The Bertz CT molecular complexity index is 1200. The van der Waals surface area contributed by atoms with E-state index in [1.165, 1.54) is 50.0 Å². The molecule has 0 amide bonds. The lowest BCUT2D eigenvalue weighted by molar-refractivity contribution is -0.190. The van der Waals surface area contributed by atoms with Crippen molar-refractivity contribution in [3.63, 3.8) is 0 Å². The zero-order chi connectivity index (χ0) is 26.9. The van der Waals surface area contributed by atoms with Crippen molar-refractivity contribution >= 4 is 0 Å². The number of hydrogen-bond acceptors (Lipinski definition) is 3. The van der Waals surface area contributed by atoms with Crippen LogP contribution in [-0.2, 0) is 9.47 Å². The Morgan fingerprint density at radius 1 is 0.842 bits per heavy atom. The predicted molar refractivity (Wildman–Crippen MR) is 145 cm³/mol. The van der Waals surface area contributed by atoms with Crippen molar-refractivity contribution < 1.29 is 27.4 Å². The van der Waals surface area contributed by atoms with Crippen LogP contribution >= 0.6 is 0 Å². The number of unbranched alkanes of at least 4 members (excludes halogenated alkanes) is 4. The molecule has 1 aliphatic heterocycles. The fourth-order valence-electron chi connectivity index (χ4n) is 4.68. The van der Waals surface area contributed by atoms with Crippen molar-refractivity contribution in [2.45, 2.75) is 57.7 Å². The average Bonchev–Trinajstić information content (AvgIpc) is 2.94. The molecule has 1 fully saturated rings. The van der Waals surface area contributed by atoms with Gasteiger partial charge < -0.3 is 14.2 Å². The van der Waals surface area contributed by atoms with Gasteiger partial charge in [0.15, 0.2) is 17.9 Å². The summed E-state index contributed by atoms with van der Waals surface area (Å²) < 4.78 is 61.1. The summed E-state index contributed by atoms with van der Waals surface area (Å²) in [5.41, 5.74) is 2.49. The van der Waals surface area contributed by atoms with Crippen molar-refractivity contribution in [2.75, 3.05) is 19.8 Å². The van der Waals surface area contributed by atoms with E-state index in [0.29, 0.717) is 29.9 Å². The summed E-state index contributed by atoms with van der Waals surface area (Å²) >= 11 is 0. The second-order valence-corrected chi connectivity index (χ2v) is 9.65. The average molecular weight is 525 g/mol. The largest absolute Gasteiger partial charge is 0.486 e. The Kier molecular flexibility index (Phi) is 10.0. The minimum absolute atomic E-state index is 0.0198. The Hall–Kier alpha value is -3.09. The standard InChI is InChI=1S/C32H35F3O3/c1-3-5-6-7-8-9-30-37-20-25(21-38-30)24-14-15-26(28(33)19-24)22-10-12-23(13-11-22)27-16-17-29(36-18-4-2)32(35)31(27)34/h4,10-17,19,25,30H,2-3,5-9,18,20-21H2,1H3. The van der Waals surface area contributed by atoms with Gasteiger partial charge in [-0.2, -0.15) is 4.39 Å². The summed E-state index contributed by atoms with van der Waals surface area (Å²) in [4.78, 5) is 0. The zero-order valence-electron chi connectivity index (χ0n) is 21.9. The predicted octanol–water partition coefficient (Wildman–Crippen LogP) is 8.82. The first-order valence-corrected chi connectivity index (χ1v) is 13.4. The van der Waals surface area contributed by atoms with E-state index in [2.05, 4.69) is 13.5 Å². The van der Waals surface area contributed by atoms with Crippen LogP contribution in [0.3, 0.4) is 0 Å². The van der Waals surface area contributed by atoms with E-state index in [0.717, 1.165) is 18.4 Å². The summed E-state index contributed by atoms with van der Waals surface area (Å²) in [7, 11) is 0. The van der Waals surface area contributed by atoms with Crippen LogP contribution in [0, 0.1) is 17.5 Å². The highest BCUT2D eigenvalue weighted by molar-refractivity contribution is 5.71. The van der Waals surface area contributed by atoms with E-state index in [1.54, 1.807) is 30.3 Å². The molecule has 0 aliphatic carbocycles. The molecule has 3 nitrogen and oxygen atoms in total. The van der Waals surface area contributed by atoms with Gasteiger partial charge in [-0.05, 0) is 47.7 Å². The Morgan fingerprint density at radius 3 is 2.16 bits per heavy atom. The summed E-state index contributed by atoms with van der Waals surface area (Å²) in [5, 5.41) is 0. The third-order valence-electron chi connectivity index (χ3n) is 6.89. The van der Waals surface area contributed by atoms with Crippen LogP contribution < -0.4 is 4.74 Å². The van der Waals surface area contributed by atoms with E-state index < -0.39 is 11.6 Å². The summed E-state index contributed by atoms with van der Waals surface area (Å²) in [6.45, 7) is 6.79. The molecule has 4 rings (SSSR count). The molecule has 1 saturated heterocycles. The van der Waals surface area contributed by atoms with E-state index >= 15 is 4.39 Å². The molecule has 0 atom stereocenters. The van der Waals surface area contributed by atoms with Crippen LogP contribution in [0.1, 0.15) is 56.9 Å². The first-order valence-electron chi connectivity index (χ1n) is 13.4. The van der Waals surface area contributed by atoms with Gasteiger partial charge in [0.05, 0.1) is 13.2 Å². The molecule has 3 aromatic carbocycles. The lowest BCUT2D eigenvalue weighted by atomic mass is 9.95. The first kappa shape index (κ1) is 27.9. The topological polar surface area (TPSA) is 27.7 Å². The highest BCUT2D eigenvalue weighted by Crippen LogP contribution is 2.33. The number of benzene rings is 3. The molecule has 38 heavy (non-hydrogen) atoms. The van der Waals surface area contributed by atoms with Crippen LogP contribution in [0.4, 0.5) is 13.2 Å². The normalized spacial score (nSPS) is 17.4. The highest BCUT2D eigenvalue weighted by Gasteiger charge is 2.24. The van der Waals surface area contributed by atoms with Gasteiger partial charge in [0, 0.05) is 17.0 Å². The Labute approximate surface area is 223 Å². The highest BCUT2D eigenvalue weighted by atomic mass is 19.2. The lowest BCUT2D eigenvalue weighted by Crippen LogP contribution is -2.30. The molecule has 6 heteroatoms. The van der Waals surface area contributed by atoms with Crippen LogP contribution in [0.2, 0.25) is 0 Å². The van der Waals surface area contributed by atoms with Crippen LogP contribution in [-0.4, -0.2) is 26.1 Å². The molecule has 1 heterocycles. The molecule has 0 spiro atoms. The van der Waals surface area contributed by atoms with Gasteiger partial charge in [-0.3, -0.25) is 0 Å². The third kappa shape index (κ3) is 6.86. The lowest BCUT2D eigenvalue weighted by Gasteiger charge is -2.30. The van der Waals surface area contributed by atoms with Gasteiger partial charge >= 0.3 is 0 Å². The minimum atomic E-state index is -1.05. The molecule has 202 valence electrons. The minimum Gasteiger partial charge on any atom is -0.486 e. The van der Waals surface area contributed by atoms with E-state index in [9.17, 15) is 8.78 Å². The number of rotatable bonds is 12. The second kappa shape index (κ2) is 13.6. The summed E-state index contributed by atoms with van der Waals surface area (Å²) in [5.74, 6) is -2.59. The fraction of sp³-hybridized carbons (Fsp3) is 0.375. The molecular weight excluding hydrogens is 489 g/mol. The molecular formula is C32H35F3O3. The van der Waals surface area contributed by atoms with Gasteiger partial charge in [0.1, 0.15) is 12.4 Å². The SMILES string of the molecule is C=CCOc1ccc(-c2ccc(-c3ccc(C4COC(CCCCCCC)OC4)cc3F)cc2)c(F)c1F. The van der Waals surface area contributed by atoms with Gasteiger partial charge in [0.2, 0.25) is 5.82 Å². The monoisotopic (exact) mass is 524 g/mol. The van der Waals surface area contributed by atoms with Gasteiger partial charge in [-0.15, -0.1) is 0 Å². The molecule has 3 aromatic rings. The van der Waals surface area contributed by atoms with Crippen molar-refractivity contribution in [2.24, 2.45) is 0 Å². The molecule has 0 unspecified atom stereocenters. The summed E-state index contributed by atoms with van der Waals surface area (Å²) in [6.07, 6.45) is 8.19. The molecule has 0 saturated carbocycles. The number of ether oxygens (including phenoxy) is 3. The molecule has 0 bridgehead atoms. The van der Waals surface area contributed by atoms with Crippen LogP contribution in [0.15, 0.2) is 67.3 Å². The molecule has 0 N–H and O–H groups in total. The molecule has 0 aromatic heterocycles. The van der Waals surface area contributed by atoms with Crippen molar-refractivity contribution in [3.05, 3.63) is 90.3 Å². The zero-order valence-corrected chi connectivity index (χ0v) is 21.9. The molecule has 1 aliphatic rings. The van der Waals surface area contributed by atoms with Crippen LogP contribution in [0.25, 0.3) is 22.3 Å². The van der Waals surface area contributed by atoms with Gasteiger partial charge in [0.25, 0.3) is 0 Å². The maximum atomic E-state index is 15.1. The van der Waals surface area contributed by atoms with Crippen LogP contribution in [0.5, 0.6) is 5.75 Å². The first-order chi connectivity index (χ1) is 18.5. The smallest absolute Gasteiger partial charge is 0.201 e.